The average Bonchev–Trinajstić information content (AvgIpc) is 3.02. The predicted molar refractivity (Wildman–Crippen MR) is 106 cm³/mol. The number of hydrogen-bond donors (Lipinski definition) is 0. The lowest BCUT2D eigenvalue weighted by Gasteiger charge is -2.16. The fraction of sp³-hybridized carbons (Fsp3) is 0.429. The molecule has 2 aromatic rings. The van der Waals surface area contributed by atoms with Crippen LogP contribution in [0.15, 0.2) is 24.0 Å². The molecule has 0 N–H and O–H groups in total. The van der Waals surface area contributed by atoms with E-state index in [0.717, 1.165) is 19.3 Å². The van der Waals surface area contributed by atoms with Crippen molar-refractivity contribution in [3.63, 3.8) is 0 Å². The normalized spacial score (nSPS) is 14.5. The number of aromatic nitrogens is 3. The first-order valence-corrected chi connectivity index (χ1v) is 9.82. The molecule has 0 aliphatic carbocycles. The number of Topliss-reactive ketones (excluding diaryl/α,β-unsaturated/α-hetero) is 1. The van der Waals surface area contributed by atoms with Crippen molar-refractivity contribution in [1.29, 1.82) is 5.26 Å². The van der Waals surface area contributed by atoms with Crippen LogP contribution in [0.5, 0.6) is 11.5 Å². The Balaban J connectivity index is 1.92. The summed E-state index contributed by atoms with van der Waals surface area (Å²) in [5.74, 6) is -1.39. The van der Waals surface area contributed by atoms with E-state index in [1.54, 1.807) is 6.07 Å². The highest BCUT2D eigenvalue weighted by Gasteiger charge is 2.41. The van der Waals surface area contributed by atoms with Gasteiger partial charge in [0, 0.05) is 18.5 Å². The maximum absolute atomic E-state index is 13.8. The van der Waals surface area contributed by atoms with E-state index < -0.39 is 29.9 Å². The van der Waals surface area contributed by atoms with Gasteiger partial charge in [0.1, 0.15) is 17.5 Å². The number of aryl methyl sites for hydroxylation is 1. The second-order valence-electron chi connectivity index (χ2n) is 7.00. The maximum atomic E-state index is 13.8. The zero-order valence-electron chi connectivity index (χ0n) is 17.5. The van der Waals surface area contributed by atoms with Gasteiger partial charge < -0.3 is 18.8 Å². The van der Waals surface area contributed by atoms with Crippen molar-refractivity contribution in [1.82, 2.24) is 14.8 Å². The molecule has 1 aliphatic rings. The van der Waals surface area contributed by atoms with Gasteiger partial charge >= 0.3 is 6.18 Å². The molecule has 0 radical (unpaired) electrons. The number of hydrogen-bond acceptors (Lipinski definition) is 7. The average molecular weight is 450 g/mol. The van der Waals surface area contributed by atoms with Crippen LogP contribution in [0, 0.1) is 11.3 Å². The van der Waals surface area contributed by atoms with Crippen LogP contribution >= 0.6 is 0 Å². The van der Waals surface area contributed by atoms with Gasteiger partial charge in [-0.05, 0) is 31.0 Å². The van der Waals surface area contributed by atoms with E-state index >= 15 is 0 Å². The van der Waals surface area contributed by atoms with Crippen LogP contribution in [0.3, 0.4) is 0 Å². The first-order valence-electron chi connectivity index (χ1n) is 9.82. The lowest BCUT2D eigenvalue weighted by atomic mass is 10.1. The third-order valence-electron chi connectivity index (χ3n) is 4.98. The quantitative estimate of drug-likeness (QED) is 0.360. The number of alkyl halides is 3. The van der Waals surface area contributed by atoms with Crippen LogP contribution in [-0.2, 0) is 17.7 Å². The van der Waals surface area contributed by atoms with Gasteiger partial charge in [0.05, 0.1) is 14.2 Å². The molecule has 0 bridgehead atoms. The van der Waals surface area contributed by atoms with Crippen LogP contribution in [0.1, 0.15) is 41.3 Å². The van der Waals surface area contributed by atoms with Crippen LogP contribution in [0.4, 0.5) is 13.2 Å². The Bertz CT molecular complexity index is 1070. The fourth-order valence-corrected chi connectivity index (χ4v) is 3.40. The number of benzene rings is 1. The molecule has 0 saturated heterocycles. The molecule has 0 amide bonds. The summed E-state index contributed by atoms with van der Waals surface area (Å²) in [7, 11) is 2.78. The maximum Gasteiger partial charge on any atom is 0.450 e. The first kappa shape index (κ1) is 23.1. The number of carbonyl (C=O) groups is 1. The number of halogens is 3. The number of carbonyl (C=O) groups excluding carboxylic acids is 1. The van der Waals surface area contributed by atoms with Crippen molar-refractivity contribution >= 4 is 11.4 Å². The minimum Gasteiger partial charge on any atom is -0.493 e. The Kier molecular flexibility index (Phi) is 7.02. The van der Waals surface area contributed by atoms with Gasteiger partial charge in [-0.15, -0.1) is 10.2 Å². The smallest absolute Gasteiger partial charge is 0.450 e. The molecule has 8 nitrogen and oxygen atoms in total. The summed E-state index contributed by atoms with van der Waals surface area (Å²) in [6.07, 6.45) is -1.98. The lowest BCUT2D eigenvalue weighted by Crippen LogP contribution is -2.21. The molecular formula is C21H21F3N4O4. The second-order valence-corrected chi connectivity index (χ2v) is 7.00. The van der Waals surface area contributed by atoms with Gasteiger partial charge in [-0.3, -0.25) is 4.79 Å². The molecule has 0 unspecified atom stereocenters. The largest absolute Gasteiger partial charge is 0.493 e. The Morgan fingerprint density at radius 2 is 1.91 bits per heavy atom. The molecule has 0 saturated carbocycles. The molecule has 2 heterocycles. The molecule has 1 aromatic carbocycles. The summed E-state index contributed by atoms with van der Waals surface area (Å²) < 4.78 is 58.0. The summed E-state index contributed by atoms with van der Waals surface area (Å²) in [5, 5.41) is 17.3. The first-order chi connectivity index (χ1) is 15.3. The van der Waals surface area contributed by atoms with Crippen molar-refractivity contribution in [3.05, 3.63) is 41.2 Å². The molecule has 32 heavy (non-hydrogen) atoms. The zero-order valence-corrected chi connectivity index (χ0v) is 17.5. The molecule has 0 spiro atoms. The highest BCUT2D eigenvalue weighted by molar-refractivity contribution is 5.97. The summed E-state index contributed by atoms with van der Waals surface area (Å²) in [5.41, 5.74) is -0.739. The fourth-order valence-electron chi connectivity index (χ4n) is 3.40. The monoisotopic (exact) mass is 450 g/mol. The molecular weight excluding hydrogens is 429 g/mol. The highest BCUT2D eigenvalue weighted by atomic mass is 19.4. The highest BCUT2D eigenvalue weighted by Crippen LogP contribution is 2.34. The van der Waals surface area contributed by atoms with Crippen molar-refractivity contribution in [2.75, 3.05) is 20.8 Å². The van der Waals surface area contributed by atoms with Gasteiger partial charge in [-0.25, -0.2) is 0 Å². The molecule has 11 heteroatoms. The molecule has 3 rings (SSSR count). The number of nitrogens with zero attached hydrogens (tertiary/aromatic N) is 4. The Labute approximate surface area is 182 Å². The lowest BCUT2D eigenvalue weighted by molar-refractivity contribution is -0.127. The molecule has 170 valence electrons. The van der Waals surface area contributed by atoms with Gasteiger partial charge in [0.15, 0.2) is 29.7 Å². The topological polar surface area (TPSA) is 99.3 Å². The van der Waals surface area contributed by atoms with Gasteiger partial charge in [0.2, 0.25) is 5.76 Å². The summed E-state index contributed by atoms with van der Waals surface area (Å²) in [6.45, 7) is -0.533. The molecule has 1 aromatic heterocycles. The van der Waals surface area contributed by atoms with Crippen LogP contribution in [0.2, 0.25) is 0 Å². The van der Waals surface area contributed by atoms with Crippen molar-refractivity contribution < 1.29 is 32.2 Å². The SMILES string of the molecule is COc1ccc(C(=O)CO/C(=C(\C#N)c2nnc3n2CCCCC3)C(F)(F)F)cc1OC. The molecule has 0 fully saturated rings. The summed E-state index contributed by atoms with van der Waals surface area (Å²) >= 11 is 0. The number of fused-ring (bicyclic) bond motifs is 1. The number of ketones is 1. The van der Waals surface area contributed by atoms with E-state index in [1.165, 1.54) is 37.0 Å². The van der Waals surface area contributed by atoms with E-state index in [4.69, 9.17) is 14.2 Å². The minimum atomic E-state index is -5.01. The van der Waals surface area contributed by atoms with E-state index in [1.807, 2.05) is 0 Å². The Morgan fingerprint density at radius 3 is 2.56 bits per heavy atom. The third-order valence-corrected chi connectivity index (χ3v) is 4.98. The van der Waals surface area contributed by atoms with E-state index in [-0.39, 0.29) is 17.1 Å². The number of allylic oxidation sites excluding steroid dienone is 2. The van der Waals surface area contributed by atoms with Gasteiger partial charge in [-0.1, -0.05) is 6.42 Å². The number of rotatable bonds is 7. The van der Waals surface area contributed by atoms with E-state index in [0.29, 0.717) is 24.5 Å². The van der Waals surface area contributed by atoms with Crippen LogP contribution in [0.25, 0.3) is 5.57 Å². The second kappa shape index (κ2) is 9.72. The van der Waals surface area contributed by atoms with Crippen molar-refractivity contribution in [2.24, 2.45) is 0 Å². The van der Waals surface area contributed by atoms with E-state index in [2.05, 4.69) is 10.2 Å². The Morgan fingerprint density at radius 1 is 1.16 bits per heavy atom. The van der Waals surface area contributed by atoms with Gasteiger partial charge in [-0.2, -0.15) is 18.4 Å². The summed E-state index contributed by atoms with van der Waals surface area (Å²) in [6, 6.07) is 5.72. The Hall–Kier alpha value is -3.55. The van der Waals surface area contributed by atoms with Crippen molar-refractivity contribution in [3.8, 4) is 17.6 Å². The zero-order chi connectivity index (χ0) is 23.3. The third kappa shape index (κ3) is 4.85. The van der Waals surface area contributed by atoms with E-state index in [9.17, 15) is 23.2 Å². The number of methoxy groups -OCH3 is 2. The predicted octanol–water partition coefficient (Wildman–Crippen LogP) is 3.72. The van der Waals surface area contributed by atoms with Crippen LogP contribution < -0.4 is 9.47 Å². The number of ether oxygens (including phenoxy) is 3. The van der Waals surface area contributed by atoms with Gasteiger partial charge in [0.25, 0.3) is 0 Å². The molecule has 0 atom stereocenters. The summed E-state index contributed by atoms with van der Waals surface area (Å²) in [4.78, 5) is 12.5. The number of nitriles is 1. The van der Waals surface area contributed by atoms with Crippen molar-refractivity contribution in [2.45, 2.75) is 38.4 Å². The minimum absolute atomic E-state index is 0.0685. The van der Waals surface area contributed by atoms with Crippen LogP contribution in [-0.4, -0.2) is 47.6 Å². The molecule has 1 aliphatic heterocycles. The standard InChI is InChI=1S/C21H21F3N4O4/c1-30-16-8-7-13(10-17(16)31-2)15(29)12-32-19(21(22,23)24)14(11-25)20-27-26-18-6-4-3-5-9-28(18)20/h7-8,10H,3-6,9,12H2,1-2H3/b19-14+.